The van der Waals surface area contributed by atoms with Crippen LogP contribution in [0.15, 0.2) is 60.7 Å². The molecule has 5 rings (SSSR count). The maximum atomic E-state index is 13.2. The quantitative estimate of drug-likeness (QED) is 0.553. The number of carbonyl (C=O) groups is 3. The number of nitrogens with one attached hydrogen (secondary N) is 2. The minimum atomic E-state index is -1.23. The van der Waals surface area contributed by atoms with Gasteiger partial charge in [0.05, 0.1) is 0 Å². The summed E-state index contributed by atoms with van der Waals surface area (Å²) in [6.45, 7) is 2.73. The van der Waals surface area contributed by atoms with E-state index in [1.807, 2.05) is 60.7 Å². The Hall–Kier alpha value is -4.07. The van der Waals surface area contributed by atoms with Crippen LogP contribution in [-0.2, 0) is 21.5 Å². The van der Waals surface area contributed by atoms with Gasteiger partial charge < -0.3 is 20.1 Å². The molecule has 2 aliphatic rings. The number of rotatable bonds is 6. The number of fused-ring (bicyclic) bond motifs is 2. The standard InChI is InChI=1S/C26H25N3O5/c1-26(20-8-7-18-4-2-3-5-19(18)15-20)24(31)29(25(32)28-26)16-23(30)27-11-10-17-6-9-21-22(14-17)34-13-12-33-21/h2-9,14-15H,10-13,16H2,1H3,(H,27,30)(H,28,32). The van der Waals surface area contributed by atoms with Crippen molar-refractivity contribution in [3.63, 3.8) is 0 Å². The molecule has 0 bridgehead atoms. The van der Waals surface area contributed by atoms with Gasteiger partial charge in [-0.3, -0.25) is 14.5 Å². The van der Waals surface area contributed by atoms with Crippen LogP contribution < -0.4 is 20.1 Å². The van der Waals surface area contributed by atoms with Gasteiger partial charge in [-0.15, -0.1) is 0 Å². The van der Waals surface area contributed by atoms with Crippen LogP contribution in [0.5, 0.6) is 11.5 Å². The molecular formula is C26H25N3O5. The molecule has 1 atom stereocenters. The highest BCUT2D eigenvalue weighted by Gasteiger charge is 2.49. The van der Waals surface area contributed by atoms with Gasteiger partial charge in [-0.05, 0) is 53.4 Å². The van der Waals surface area contributed by atoms with E-state index < -0.39 is 23.4 Å². The highest BCUT2D eigenvalue weighted by atomic mass is 16.6. The van der Waals surface area contributed by atoms with Crippen molar-refractivity contribution in [3.05, 3.63) is 71.8 Å². The Morgan fingerprint density at radius 3 is 2.59 bits per heavy atom. The second kappa shape index (κ2) is 8.70. The third-order valence-corrected chi connectivity index (χ3v) is 6.25. The van der Waals surface area contributed by atoms with Crippen LogP contribution in [-0.4, -0.2) is 49.0 Å². The average Bonchev–Trinajstić information content (AvgIpc) is 3.07. The lowest BCUT2D eigenvalue weighted by Crippen LogP contribution is -2.43. The first-order valence-corrected chi connectivity index (χ1v) is 11.2. The van der Waals surface area contributed by atoms with Crippen molar-refractivity contribution >= 4 is 28.6 Å². The van der Waals surface area contributed by atoms with Crippen molar-refractivity contribution < 1.29 is 23.9 Å². The predicted octanol–water partition coefficient (Wildman–Crippen LogP) is 2.74. The smallest absolute Gasteiger partial charge is 0.325 e. The Bertz CT molecular complexity index is 1290. The number of carbonyl (C=O) groups excluding carboxylic acids is 3. The van der Waals surface area contributed by atoms with Crippen molar-refractivity contribution in [1.82, 2.24) is 15.5 Å². The van der Waals surface area contributed by atoms with E-state index in [1.165, 1.54) is 0 Å². The maximum Gasteiger partial charge on any atom is 0.325 e. The molecule has 34 heavy (non-hydrogen) atoms. The highest BCUT2D eigenvalue weighted by molar-refractivity contribution is 6.09. The highest BCUT2D eigenvalue weighted by Crippen LogP contribution is 2.32. The lowest BCUT2D eigenvalue weighted by molar-refractivity contribution is -0.134. The predicted molar refractivity (Wildman–Crippen MR) is 126 cm³/mol. The minimum absolute atomic E-state index is 0.338. The maximum absolute atomic E-state index is 13.2. The van der Waals surface area contributed by atoms with Crippen molar-refractivity contribution in [2.75, 3.05) is 26.3 Å². The molecule has 0 spiro atoms. The zero-order valence-corrected chi connectivity index (χ0v) is 18.8. The van der Waals surface area contributed by atoms with Crippen LogP contribution in [0.4, 0.5) is 4.79 Å². The Labute approximate surface area is 196 Å². The molecule has 2 aliphatic heterocycles. The molecule has 1 unspecified atom stereocenters. The second-order valence-corrected chi connectivity index (χ2v) is 8.59. The summed E-state index contributed by atoms with van der Waals surface area (Å²) in [6, 6.07) is 18.5. The van der Waals surface area contributed by atoms with Gasteiger partial charge in [-0.1, -0.05) is 42.5 Å². The van der Waals surface area contributed by atoms with E-state index >= 15 is 0 Å². The fourth-order valence-electron chi connectivity index (χ4n) is 4.33. The van der Waals surface area contributed by atoms with E-state index in [-0.39, 0.29) is 6.54 Å². The molecule has 0 aliphatic carbocycles. The Morgan fingerprint density at radius 1 is 1.00 bits per heavy atom. The van der Waals surface area contributed by atoms with Gasteiger partial charge in [0.1, 0.15) is 25.3 Å². The van der Waals surface area contributed by atoms with E-state index in [4.69, 9.17) is 9.47 Å². The van der Waals surface area contributed by atoms with Crippen LogP contribution in [0.25, 0.3) is 10.8 Å². The first kappa shape index (κ1) is 21.8. The van der Waals surface area contributed by atoms with Crippen LogP contribution in [0.2, 0.25) is 0 Å². The van der Waals surface area contributed by atoms with Crippen LogP contribution in [0, 0.1) is 0 Å². The Balaban J connectivity index is 1.20. The first-order chi connectivity index (χ1) is 16.4. The molecule has 2 N–H and O–H groups in total. The number of urea groups is 1. The lowest BCUT2D eigenvalue weighted by atomic mass is 9.90. The molecule has 1 saturated heterocycles. The van der Waals surface area contributed by atoms with Gasteiger partial charge in [0.2, 0.25) is 5.91 Å². The lowest BCUT2D eigenvalue weighted by Gasteiger charge is -2.22. The molecule has 3 aromatic rings. The normalized spacial score (nSPS) is 19.3. The van der Waals surface area contributed by atoms with E-state index in [1.54, 1.807) is 6.92 Å². The summed E-state index contributed by atoms with van der Waals surface area (Å²) in [7, 11) is 0. The number of ether oxygens (including phenoxy) is 2. The minimum Gasteiger partial charge on any atom is -0.486 e. The summed E-state index contributed by atoms with van der Waals surface area (Å²) in [5.41, 5.74) is 0.432. The number of benzene rings is 3. The third-order valence-electron chi connectivity index (χ3n) is 6.25. The topological polar surface area (TPSA) is 97.0 Å². The van der Waals surface area contributed by atoms with Gasteiger partial charge >= 0.3 is 6.03 Å². The van der Waals surface area contributed by atoms with Crippen LogP contribution in [0.1, 0.15) is 18.1 Å². The summed E-state index contributed by atoms with van der Waals surface area (Å²) < 4.78 is 11.1. The molecule has 174 valence electrons. The van der Waals surface area contributed by atoms with Gasteiger partial charge in [-0.25, -0.2) is 4.79 Å². The number of nitrogens with zero attached hydrogens (tertiary/aromatic N) is 1. The van der Waals surface area contributed by atoms with E-state index in [0.29, 0.717) is 43.2 Å². The molecular weight excluding hydrogens is 434 g/mol. The van der Waals surface area contributed by atoms with E-state index in [9.17, 15) is 14.4 Å². The molecule has 0 radical (unpaired) electrons. The second-order valence-electron chi connectivity index (χ2n) is 8.59. The number of imide groups is 1. The number of hydrogen-bond donors (Lipinski definition) is 2. The summed E-state index contributed by atoms with van der Waals surface area (Å²) in [6.07, 6.45) is 0.581. The zero-order valence-electron chi connectivity index (χ0n) is 18.8. The number of amides is 4. The third kappa shape index (κ3) is 4.03. The van der Waals surface area contributed by atoms with Crippen molar-refractivity contribution in [3.8, 4) is 11.5 Å². The van der Waals surface area contributed by atoms with Crippen LogP contribution in [0.3, 0.4) is 0 Å². The molecule has 0 aromatic heterocycles. The van der Waals surface area contributed by atoms with Crippen LogP contribution >= 0.6 is 0 Å². The SMILES string of the molecule is CC1(c2ccc3ccccc3c2)NC(=O)N(CC(=O)NCCc2ccc3c(c2)OCCO3)C1=O. The largest absolute Gasteiger partial charge is 0.486 e. The van der Waals surface area contributed by atoms with Crippen molar-refractivity contribution in [2.24, 2.45) is 0 Å². The van der Waals surface area contributed by atoms with E-state index in [2.05, 4.69) is 10.6 Å². The summed E-state index contributed by atoms with van der Waals surface area (Å²) in [5, 5.41) is 7.56. The van der Waals surface area contributed by atoms with Crippen molar-refractivity contribution in [2.45, 2.75) is 18.9 Å². The zero-order chi connectivity index (χ0) is 23.7. The molecule has 2 heterocycles. The fourth-order valence-corrected chi connectivity index (χ4v) is 4.33. The fraction of sp³-hybridized carbons (Fsp3) is 0.269. The molecule has 3 aromatic carbocycles. The monoisotopic (exact) mass is 459 g/mol. The molecule has 8 heteroatoms. The summed E-state index contributed by atoms with van der Waals surface area (Å²) in [4.78, 5) is 39.2. The van der Waals surface area contributed by atoms with E-state index in [0.717, 1.165) is 21.2 Å². The summed E-state index contributed by atoms with van der Waals surface area (Å²) in [5.74, 6) is 0.563. The molecule has 0 saturated carbocycles. The molecule has 1 fully saturated rings. The Kier molecular flexibility index (Phi) is 5.57. The van der Waals surface area contributed by atoms with Gasteiger partial charge in [0.25, 0.3) is 5.91 Å². The molecule has 8 nitrogen and oxygen atoms in total. The number of hydrogen-bond acceptors (Lipinski definition) is 5. The van der Waals surface area contributed by atoms with Crippen molar-refractivity contribution in [1.29, 1.82) is 0 Å². The Morgan fingerprint density at radius 2 is 1.76 bits per heavy atom. The summed E-state index contributed by atoms with van der Waals surface area (Å²) >= 11 is 0. The van der Waals surface area contributed by atoms with Gasteiger partial charge in [-0.2, -0.15) is 0 Å². The van der Waals surface area contributed by atoms with Gasteiger partial charge in [0.15, 0.2) is 11.5 Å². The molecule has 4 amide bonds. The first-order valence-electron chi connectivity index (χ1n) is 11.2. The average molecular weight is 460 g/mol. The van der Waals surface area contributed by atoms with Gasteiger partial charge in [0, 0.05) is 6.54 Å².